The summed E-state index contributed by atoms with van der Waals surface area (Å²) in [5, 5.41) is 22.6. The van der Waals surface area contributed by atoms with Crippen LogP contribution < -0.4 is 11.2 Å². The number of carboxylic acids is 1. The summed E-state index contributed by atoms with van der Waals surface area (Å²) in [7, 11) is 0. The number of aliphatic carboxylic acids is 1. The van der Waals surface area contributed by atoms with E-state index in [-0.39, 0.29) is 35.5 Å². The highest BCUT2D eigenvalue weighted by Crippen LogP contribution is 2.33. The van der Waals surface area contributed by atoms with Crippen LogP contribution in [-0.2, 0) is 11.0 Å². The van der Waals surface area contributed by atoms with Gasteiger partial charge in [0.25, 0.3) is 5.56 Å². The van der Waals surface area contributed by atoms with E-state index in [0.717, 1.165) is 27.3 Å². The molecule has 0 aliphatic heterocycles. The highest BCUT2D eigenvalue weighted by molar-refractivity contribution is 9.10. The summed E-state index contributed by atoms with van der Waals surface area (Å²) < 4.78 is 44.3. The molecule has 0 aliphatic carbocycles. The summed E-state index contributed by atoms with van der Waals surface area (Å²) in [6.45, 7) is 2.93. The van der Waals surface area contributed by atoms with Gasteiger partial charge in [0.15, 0.2) is 0 Å². The average molecular weight is 616 g/mol. The van der Waals surface area contributed by atoms with E-state index < -0.39 is 35.0 Å². The molecule has 9 nitrogen and oxygen atoms in total. The Balaban J connectivity index is 2.07. The largest absolute Gasteiger partial charge is 0.481 e. The van der Waals surface area contributed by atoms with Crippen LogP contribution in [0.3, 0.4) is 0 Å². The number of nitrogens with zero attached hydrogens (tertiary/aromatic N) is 5. The fourth-order valence-corrected chi connectivity index (χ4v) is 4.86. The van der Waals surface area contributed by atoms with Crippen LogP contribution in [0.2, 0.25) is 0 Å². The normalized spacial score (nSPS) is 12.2. The standard InChI is InChI=1S/C27H21BrF3N5O4/c1-15(6-11-22(37)38)34-25(39)23(24-21(28)14-33-36(24)19-9-7-17(13-32)8-10-19)16(2)35(26(34)40)20-5-3-4-18(12-20)27(29,30)31/h3-5,7-10,12,14-15H,6,11H2,1-2H3,(H,37,38). The van der Waals surface area contributed by atoms with Crippen LogP contribution >= 0.6 is 15.9 Å². The maximum absolute atomic E-state index is 14.0. The number of carbonyl (C=O) groups is 1. The molecule has 0 aliphatic rings. The van der Waals surface area contributed by atoms with E-state index in [2.05, 4.69) is 21.0 Å². The number of carboxylic acid groups (broad SMARTS) is 1. The number of rotatable bonds is 7. The minimum atomic E-state index is -4.68. The van der Waals surface area contributed by atoms with Crippen LogP contribution in [0.1, 0.15) is 42.6 Å². The SMILES string of the molecule is Cc1c(-c2c(Br)cnn2-c2ccc(C#N)cc2)c(=O)n(C(C)CCC(=O)O)c(=O)n1-c1cccc(C(F)(F)F)c1. The zero-order valence-electron chi connectivity index (χ0n) is 21.1. The molecule has 2 aromatic carbocycles. The molecule has 0 amide bonds. The number of halogens is 4. The second-order valence-corrected chi connectivity index (χ2v) is 9.85. The monoisotopic (exact) mass is 615 g/mol. The van der Waals surface area contributed by atoms with Crippen molar-refractivity contribution in [1.82, 2.24) is 18.9 Å². The first-order valence-corrected chi connectivity index (χ1v) is 12.7. The molecule has 0 fully saturated rings. The van der Waals surface area contributed by atoms with Gasteiger partial charge in [-0.15, -0.1) is 0 Å². The lowest BCUT2D eigenvalue weighted by molar-refractivity contribution is -0.138. The van der Waals surface area contributed by atoms with E-state index in [9.17, 15) is 27.6 Å². The summed E-state index contributed by atoms with van der Waals surface area (Å²) in [4.78, 5) is 38.9. The number of hydrogen-bond donors (Lipinski definition) is 1. The van der Waals surface area contributed by atoms with Crippen LogP contribution in [-0.4, -0.2) is 30.0 Å². The van der Waals surface area contributed by atoms with Gasteiger partial charge in [-0.3, -0.25) is 18.7 Å². The molecule has 0 spiro atoms. The fourth-order valence-electron chi connectivity index (χ4n) is 4.40. The van der Waals surface area contributed by atoms with Crippen molar-refractivity contribution in [2.45, 2.75) is 38.9 Å². The van der Waals surface area contributed by atoms with E-state index >= 15 is 0 Å². The molecule has 2 aromatic heterocycles. The second kappa shape index (κ2) is 11.0. The Hall–Kier alpha value is -4.44. The van der Waals surface area contributed by atoms with Gasteiger partial charge in [0.1, 0.15) is 0 Å². The van der Waals surface area contributed by atoms with Gasteiger partial charge in [0, 0.05) is 18.2 Å². The molecule has 206 valence electrons. The van der Waals surface area contributed by atoms with Crippen molar-refractivity contribution in [2.75, 3.05) is 0 Å². The van der Waals surface area contributed by atoms with E-state index in [1.807, 2.05) is 6.07 Å². The van der Waals surface area contributed by atoms with E-state index in [4.69, 9.17) is 10.4 Å². The molecular formula is C27H21BrF3N5O4. The number of benzene rings is 2. The van der Waals surface area contributed by atoms with Crippen LogP contribution in [0.4, 0.5) is 13.2 Å². The quantitative estimate of drug-likeness (QED) is 0.303. The lowest BCUT2D eigenvalue weighted by atomic mass is 10.1. The van der Waals surface area contributed by atoms with Gasteiger partial charge in [-0.1, -0.05) is 6.07 Å². The van der Waals surface area contributed by atoms with Crippen molar-refractivity contribution >= 4 is 21.9 Å². The van der Waals surface area contributed by atoms with Crippen molar-refractivity contribution < 1.29 is 23.1 Å². The topological polar surface area (TPSA) is 123 Å². The zero-order valence-corrected chi connectivity index (χ0v) is 22.7. The average Bonchev–Trinajstić information content (AvgIpc) is 3.28. The molecule has 0 saturated heterocycles. The molecule has 0 saturated carbocycles. The maximum Gasteiger partial charge on any atom is 0.416 e. The maximum atomic E-state index is 14.0. The van der Waals surface area contributed by atoms with Gasteiger partial charge in [-0.05, 0) is 78.7 Å². The van der Waals surface area contributed by atoms with Gasteiger partial charge in [-0.25, -0.2) is 9.48 Å². The molecule has 40 heavy (non-hydrogen) atoms. The van der Waals surface area contributed by atoms with Crippen LogP contribution in [0.25, 0.3) is 22.6 Å². The summed E-state index contributed by atoms with van der Waals surface area (Å²) in [6.07, 6.45) is -3.68. The first kappa shape index (κ1) is 28.6. The predicted molar refractivity (Wildman–Crippen MR) is 143 cm³/mol. The van der Waals surface area contributed by atoms with Crippen molar-refractivity contribution in [3.8, 4) is 28.7 Å². The molecule has 0 bridgehead atoms. The molecular weight excluding hydrogens is 595 g/mol. The highest BCUT2D eigenvalue weighted by atomic mass is 79.9. The molecule has 2 heterocycles. The van der Waals surface area contributed by atoms with Gasteiger partial charge < -0.3 is 5.11 Å². The number of alkyl halides is 3. The van der Waals surface area contributed by atoms with E-state index in [0.29, 0.717) is 15.7 Å². The Morgan fingerprint density at radius 1 is 1.15 bits per heavy atom. The Morgan fingerprint density at radius 3 is 2.42 bits per heavy atom. The van der Waals surface area contributed by atoms with Gasteiger partial charge in [0.05, 0.1) is 50.5 Å². The van der Waals surface area contributed by atoms with E-state index in [1.165, 1.54) is 30.8 Å². The molecule has 0 radical (unpaired) electrons. The first-order valence-electron chi connectivity index (χ1n) is 11.9. The minimum Gasteiger partial charge on any atom is -0.481 e. The third-order valence-corrected chi connectivity index (χ3v) is 6.96. The highest BCUT2D eigenvalue weighted by Gasteiger charge is 2.32. The molecule has 1 atom stereocenters. The fraction of sp³-hybridized carbons (Fsp3) is 0.222. The van der Waals surface area contributed by atoms with Crippen LogP contribution in [0, 0.1) is 18.3 Å². The van der Waals surface area contributed by atoms with Crippen LogP contribution in [0.15, 0.2) is 68.8 Å². The van der Waals surface area contributed by atoms with Crippen LogP contribution in [0.5, 0.6) is 0 Å². The van der Waals surface area contributed by atoms with Crippen molar-refractivity contribution in [3.05, 3.63) is 96.9 Å². The van der Waals surface area contributed by atoms with E-state index in [1.54, 1.807) is 24.3 Å². The summed E-state index contributed by atoms with van der Waals surface area (Å²) in [5.41, 5.74) is -1.70. The lowest BCUT2D eigenvalue weighted by Crippen LogP contribution is -2.43. The molecule has 4 aromatic rings. The molecule has 1 N–H and O–H groups in total. The van der Waals surface area contributed by atoms with Crippen molar-refractivity contribution in [1.29, 1.82) is 5.26 Å². The first-order chi connectivity index (χ1) is 18.8. The number of hydrogen-bond acceptors (Lipinski definition) is 5. The summed E-state index contributed by atoms with van der Waals surface area (Å²) in [6, 6.07) is 11.6. The molecule has 4 rings (SSSR count). The Labute approximate surface area is 233 Å². The van der Waals surface area contributed by atoms with Gasteiger partial charge in [-0.2, -0.15) is 23.5 Å². The summed E-state index contributed by atoms with van der Waals surface area (Å²) >= 11 is 3.40. The van der Waals surface area contributed by atoms with Gasteiger partial charge in [0.2, 0.25) is 0 Å². The summed E-state index contributed by atoms with van der Waals surface area (Å²) in [5.74, 6) is -1.13. The van der Waals surface area contributed by atoms with Crippen molar-refractivity contribution in [3.63, 3.8) is 0 Å². The smallest absolute Gasteiger partial charge is 0.416 e. The lowest BCUT2D eigenvalue weighted by Gasteiger charge is -2.22. The minimum absolute atomic E-state index is 0.0343. The predicted octanol–water partition coefficient (Wildman–Crippen LogP) is 5.24. The number of nitriles is 1. The second-order valence-electron chi connectivity index (χ2n) is 8.99. The Bertz CT molecular complexity index is 1770. The Kier molecular flexibility index (Phi) is 7.84. The number of aromatic nitrogens is 4. The third kappa shape index (κ3) is 5.35. The van der Waals surface area contributed by atoms with Crippen molar-refractivity contribution in [2.24, 2.45) is 0 Å². The molecule has 13 heteroatoms. The molecule has 1 unspecified atom stereocenters. The zero-order chi connectivity index (χ0) is 29.4. The Morgan fingerprint density at radius 2 is 1.82 bits per heavy atom. The van der Waals surface area contributed by atoms with Gasteiger partial charge >= 0.3 is 17.8 Å². The third-order valence-electron chi connectivity index (χ3n) is 6.38.